The van der Waals surface area contributed by atoms with E-state index in [9.17, 15) is 9.18 Å². The highest BCUT2D eigenvalue weighted by atomic mass is 35.5. The molecule has 0 fully saturated rings. The normalized spacial score (nSPS) is 10.4. The summed E-state index contributed by atoms with van der Waals surface area (Å²) in [5, 5.41) is 9.21. The monoisotopic (exact) mass is 284 g/mol. The number of benzene rings is 2. The van der Waals surface area contributed by atoms with Crippen LogP contribution < -0.4 is 0 Å². The van der Waals surface area contributed by atoms with Crippen LogP contribution in [0.4, 0.5) is 4.39 Å². The van der Waals surface area contributed by atoms with E-state index in [-0.39, 0.29) is 10.6 Å². The summed E-state index contributed by atoms with van der Waals surface area (Å²) >= 11 is 11.5. The molecule has 0 saturated heterocycles. The topological polar surface area (TPSA) is 37.3 Å². The van der Waals surface area contributed by atoms with Crippen LogP contribution in [0, 0.1) is 5.82 Å². The zero-order valence-electron chi connectivity index (χ0n) is 8.95. The van der Waals surface area contributed by atoms with E-state index in [2.05, 4.69) is 0 Å². The summed E-state index contributed by atoms with van der Waals surface area (Å²) in [5.41, 5.74) is 1.24. The largest absolute Gasteiger partial charge is 0.478 e. The first-order valence-corrected chi connectivity index (χ1v) is 5.72. The molecular weight excluding hydrogens is 278 g/mol. The smallest absolute Gasteiger partial charge is 0.335 e. The van der Waals surface area contributed by atoms with Crippen LogP contribution in [0.25, 0.3) is 11.1 Å². The Kier molecular flexibility index (Phi) is 3.55. The fourth-order valence-corrected chi connectivity index (χ4v) is 1.97. The molecule has 0 unspecified atom stereocenters. The lowest BCUT2D eigenvalue weighted by Gasteiger charge is -2.05. The van der Waals surface area contributed by atoms with E-state index in [4.69, 9.17) is 28.3 Å². The number of carboxylic acids is 1. The second-order valence-electron chi connectivity index (χ2n) is 3.66. The van der Waals surface area contributed by atoms with Crippen LogP contribution in [0.5, 0.6) is 0 Å². The zero-order chi connectivity index (χ0) is 13.3. The number of carboxylic acid groups (broad SMARTS) is 1. The second-order valence-corrected chi connectivity index (χ2v) is 4.51. The Labute approximate surface area is 113 Å². The van der Waals surface area contributed by atoms with Crippen LogP contribution >= 0.6 is 23.2 Å². The molecule has 0 bridgehead atoms. The van der Waals surface area contributed by atoms with Gasteiger partial charge in [0.25, 0.3) is 0 Å². The molecule has 18 heavy (non-hydrogen) atoms. The molecule has 0 amide bonds. The molecule has 0 atom stereocenters. The Hall–Kier alpha value is -1.58. The van der Waals surface area contributed by atoms with Crippen molar-refractivity contribution in [2.75, 3.05) is 0 Å². The van der Waals surface area contributed by atoms with Gasteiger partial charge in [-0.3, -0.25) is 0 Å². The Balaban J connectivity index is 2.56. The number of halogens is 3. The summed E-state index contributed by atoms with van der Waals surface area (Å²) in [4.78, 5) is 10.9. The molecule has 0 heterocycles. The lowest BCUT2D eigenvalue weighted by atomic mass is 10.0. The van der Waals surface area contributed by atoms with Gasteiger partial charge in [0.2, 0.25) is 0 Å². The van der Waals surface area contributed by atoms with Gasteiger partial charge in [-0.05, 0) is 41.5 Å². The van der Waals surface area contributed by atoms with Crippen LogP contribution in [0.15, 0.2) is 36.4 Å². The number of rotatable bonds is 2. The summed E-state index contributed by atoms with van der Waals surface area (Å²) in [7, 11) is 0. The first-order chi connectivity index (χ1) is 8.47. The highest BCUT2D eigenvalue weighted by molar-refractivity contribution is 6.31. The van der Waals surface area contributed by atoms with Crippen LogP contribution in [-0.4, -0.2) is 11.1 Å². The fourth-order valence-electron chi connectivity index (χ4n) is 1.56. The lowest BCUT2D eigenvalue weighted by molar-refractivity contribution is 0.0697. The van der Waals surface area contributed by atoms with Crippen LogP contribution in [0.1, 0.15) is 10.4 Å². The Morgan fingerprint density at radius 2 is 1.78 bits per heavy atom. The predicted octanol–water partition coefficient (Wildman–Crippen LogP) is 4.50. The Bertz CT molecular complexity index is 626. The third-order valence-electron chi connectivity index (χ3n) is 2.40. The lowest BCUT2D eigenvalue weighted by Crippen LogP contribution is -1.96. The number of hydrogen-bond acceptors (Lipinski definition) is 1. The fraction of sp³-hybridized carbons (Fsp3) is 0. The predicted molar refractivity (Wildman–Crippen MR) is 68.8 cm³/mol. The SMILES string of the molecule is O=C(O)c1cc(Cl)cc(-c2ccc(F)c(Cl)c2)c1. The molecule has 0 aliphatic carbocycles. The third kappa shape index (κ3) is 2.63. The van der Waals surface area contributed by atoms with E-state index in [1.165, 1.54) is 30.3 Å². The van der Waals surface area contributed by atoms with Gasteiger partial charge < -0.3 is 5.11 Å². The van der Waals surface area contributed by atoms with Gasteiger partial charge in [0.05, 0.1) is 10.6 Å². The number of aromatic carboxylic acids is 1. The van der Waals surface area contributed by atoms with E-state index in [1.807, 2.05) is 0 Å². The van der Waals surface area contributed by atoms with Gasteiger partial charge >= 0.3 is 5.97 Å². The summed E-state index contributed by atoms with van der Waals surface area (Å²) in [6, 6.07) is 8.56. The van der Waals surface area contributed by atoms with Crippen molar-refractivity contribution in [1.82, 2.24) is 0 Å². The maximum absolute atomic E-state index is 13.0. The minimum atomic E-state index is -1.08. The summed E-state index contributed by atoms with van der Waals surface area (Å²) in [5.74, 6) is -1.60. The van der Waals surface area contributed by atoms with Crippen molar-refractivity contribution in [2.45, 2.75) is 0 Å². The standard InChI is InChI=1S/C13H7Cl2FO2/c14-10-4-8(3-9(5-10)13(17)18)7-1-2-12(16)11(15)6-7/h1-6H,(H,17,18). The molecule has 92 valence electrons. The molecule has 0 aliphatic heterocycles. The van der Waals surface area contributed by atoms with Gasteiger partial charge in [-0.2, -0.15) is 0 Å². The molecule has 2 aromatic carbocycles. The van der Waals surface area contributed by atoms with Gasteiger partial charge in [0.15, 0.2) is 0 Å². The summed E-state index contributed by atoms with van der Waals surface area (Å²) < 4.78 is 13.0. The Morgan fingerprint density at radius 1 is 1.06 bits per heavy atom. The molecule has 0 saturated carbocycles. The van der Waals surface area contributed by atoms with Gasteiger partial charge in [-0.15, -0.1) is 0 Å². The highest BCUT2D eigenvalue weighted by Gasteiger charge is 2.09. The quantitative estimate of drug-likeness (QED) is 0.882. The van der Waals surface area contributed by atoms with Crippen LogP contribution in [-0.2, 0) is 0 Å². The van der Waals surface area contributed by atoms with Crippen molar-refractivity contribution in [3.05, 3.63) is 57.8 Å². The van der Waals surface area contributed by atoms with Crippen molar-refractivity contribution in [3.8, 4) is 11.1 Å². The van der Waals surface area contributed by atoms with E-state index in [0.717, 1.165) is 0 Å². The molecule has 2 rings (SSSR count). The van der Waals surface area contributed by atoms with Crippen molar-refractivity contribution in [2.24, 2.45) is 0 Å². The van der Waals surface area contributed by atoms with Gasteiger partial charge in [0, 0.05) is 5.02 Å². The molecule has 1 N–H and O–H groups in total. The van der Waals surface area contributed by atoms with E-state index >= 15 is 0 Å². The van der Waals surface area contributed by atoms with Gasteiger partial charge in [0.1, 0.15) is 5.82 Å². The average molecular weight is 285 g/mol. The molecule has 5 heteroatoms. The van der Waals surface area contributed by atoms with E-state index in [0.29, 0.717) is 16.1 Å². The van der Waals surface area contributed by atoms with E-state index in [1.54, 1.807) is 6.07 Å². The van der Waals surface area contributed by atoms with Crippen molar-refractivity contribution in [1.29, 1.82) is 0 Å². The maximum atomic E-state index is 13.0. The second kappa shape index (κ2) is 4.96. The molecule has 0 aromatic heterocycles. The van der Waals surface area contributed by atoms with Gasteiger partial charge in [-0.25, -0.2) is 9.18 Å². The molecule has 2 nitrogen and oxygen atoms in total. The summed E-state index contributed by atoms with van der Waals surface area (Å²) in [6.45, 7) is 0. The number of hydrogen-bond donors (Lipinski definition) is 1. The number of carbonyl (C=O) groups is 1. The average Bonchev–Trinajstić information content (AvgIpc) is 2.31. The zero-order valence-corrected chi connectivity index (χ0v) is 10.5. The van der Waals surface area contributed by atoms with Crippen LogP contribution in [0.2, 0.25) is 10.0 Å². The Morgan fingerprint density at radius 3 is 2.39 bits per heavy atom. The summed E-state index contributed by atoms with van der Waals surface area (Å²) in [6.07, 6.45) is 0. The highest BCUT2D eigenvalue weighted by Crippen LogP contribution is 2.28. The van der Waals surface area contributed by atoms with Crippen molar-refractivity contribution < 1.29 is 14.3 Å². The van der Waals surface area contributed by atoms with E-state index < -0.39 is 11.8 Å². The maximum Gasteiger partial charge on any atom is 0.335 e. The molecule has 0 spiro atoms. The van der Waals surface area contributed by atoms with Gasteiger partial charge in [-0.1, -0.05) is 29.3 Å². The minimum Gasteiger partial charge on any atom is -0.478 e. The third-order valence-corrected chi connectivity index (χ3v) is 2.91. The first kappa shape index (κ1) is 12.9. The molecule has 0 aliphatic rings. The molecule has 2 aromatic rings. The van der Waals surface area contributed by atoms with Crippen molar-refractivity contribution in [3.63, 3.8) is 0 Å². The minimum absolute atomic E-state index is 0.0237. The van der Waals surface area contributed by atoms with Crippen molar-refractivity contribution >= 4 is 29.2 Å². The first-order valence-electron chi connectivity index (χ1n) is 4.96. The van der Waals surface area contributed by atoms with Crippen LogP contribution in [0.3, 0.4) is 0 Å². The molecule has 0 radical (unpaired) electrons. The molecular formula is C13H7Cl2FO2.